The van der Waals surface area contributed by atoms with Crippen LogP contribution in [0.3, 0.4) is 0 Å². The molecule has 106 valence electrons. The molecule has 0 bridgehead atoms. The highest BCUT2D eigenvalue weighted by Crippen LogP contribution is 2.25. The summed E-state index contributed by atoms with van der Waals surface area (Å²) in [6, 6.07) is 1.03. The van der Waals surface area contributed by atoms with Crippen molar-refractivity contribution in [3.63, 3.8) is 0 Å². The lowest BCUT2D eigenvalue weighted by Crippen LogP contribution is -2.55. The Labute approximate surface area is 111 Å². The molecular weight excluding hydrogens is 226 g/mol. The number of nitrogens with one attached hydrogen (secondary N) is 1. The van der Waals surface area contributed by atoms with Gasteiger partial charge in [-0.25, -0.2) is 0 Å². The van der Waals surface area contributed by atoms with Crippen molar-refractivity contribution in [1.82, 2.24) is 10.2 Å². The fourth-order valence-corrected chi connectivity index (χ4v) is 2.91. The van der Waals surface area contributed by atoms with Gasteiger partial charge in [0.25, 0.3) is 0 Å². The van der Waals surface area contributed by atoms with E-state index in [1.54, 1.807) is 7.05 Å². The zero-order valence-corrected chi connectivity index (χ0v) is 12.3. The second-order valence-electron chi connectivity index (χ2n) is 5.96. The summed E-state index contributed by atoms with van der Waals surface area (Å²) >= 11 is 0. The molecule has 1 rings (SSSR count). The molecule has 1 fully saturated rings. The molecule has 2 atom stereocenters. The number of rotatable bonds is 6. The fraction of sp³-hybridized carbons (Fsp3) is 0.929. The van der Waals surface area contributed by atoms with Crippen LogP contribution in [-0.2, 0) is 4.79 Å². The number of nitrogens with zero attached hydrogens (tertiary/aromatic N) is 1. The third kappa shape index (κ3) is 3.69. The van der Waals surface area contributed by atoms with E-state index in [-0.39, 0.29) is 5.91 Å². The van der Waals surface area contributed by atoms with Crippen LogP contribution in [0.2, 0.25) is 0 Å². The zero-order valence-electron chi connectivity index (χ0n) is 12.3. The van der Waals surface area contributed by atoms with E-state index in [4.69, 9.17) is 5.73 Å². The Balaban J connectivity index is 2.57. The predicted molar refractivity (Wildman–Crippen MR) is 75.4 cm³/mol. The quantitative estimate of drug-likeness (QED) is 0.756. The third-order valence-electron chi connectivity index (χ3n) is 4.65. The summed E-state index contributed by atoms with van der Waals surface area (Å²) < 4.78 is 0. The number of nitrogens with two attached hydrogens (primary N) is 1. The van der Waals surface area contributed by atoms with E-state index < -0.39 is 5.54 Å². The van der Waals surface area contributed by atoms with Gasteiger partial charge in [0.15, 0.2) is 0 Å². The number of carbonyl (C=O) groups excluding carboxylic acids is 1. The van der Waals surface area contributed by atoms with Crippen LogP contribution in [0.4, 0.5) is 0 Å². The highest BCUT2D eigenvalue weighted by atomic mass is 16.1. The Bertz CT molecular complexity index is 276. The van der Waals surface area contributed by atoms with Crippen LogP contribution in [0.25, 0.3) is 0 Å². The third-order valence-corrected chi connectivity index (χ3v) is 4.65. The summed E-state index contributed by atoms with van der Waals surface area (Å²) in [5.41, 5.74) is 4.88. The van der Waals surface area contributed by atoms with Gasteiger partial charge in [-0.15, -0.1) is 0 Å². The minimum Gasteiger partial charge on any atom is -0.368 e. The Kier molecular flexibility index (Phi) is 5.60. The Hall–Kier alpha value is -0.610. The van der Waals surface area contributed by atoms with Crippen LogP contribution in [-0.4, -0.2) is 42.5 Å². The Morgan fingerprint density at radius 2 is 2.00 bits per heavy atom. The predicted octanol–water partition coefficient (Wildman–Crippen LogP) is 1.49. The topological polar surface area (TPSA) is 58.4 Å². The van der Waals surface area contributed by atoms with Gasteiger partial charge >= 0.3 is 0 Å². The molecule has 0 saturated heterocycles. The van der Waals surface area contributed by atoms with Crippen LogP contribution in [0.15, 0.2) is 0 Å². The second-order valence-corrected chi connectivity index (χ2v) is 5.96. The van der Waals surface area contributed by atoms with E-state index in [1.165, 1.54) is 32.1 Å². The molecule has 4 nitrogen and oxygen atoms in total. The van der Waals surface area contributed by atoms with Crippen molar-refractivity contribution in [2.45, 2.75) is 70.0 Å². The molecule has 0 spiro atoms. The molecule has 0 aromatic heterocycles. The molecule has 0 aliphatic heterocycles. The fourth-order valence-electron chi connectivity index (χ4n) is 2.91. The molecule has 1 aliphatic rings. The molecule has 2 unspecified atom stereocenters. The standard InChI is InChI=1S/C14H29N3O/c1-11(10-14(2,16-3)13(15)18)17(4)12-8-6-5-7-9-12/h11-12,16H,5-10H2,1-4H3,(H2,15,18). The van der Waals surface area contributed by atoms with E-state index in [0.717, 1.165) is 6.42 Å². The molecule has 0 radical (unpaired) electrons. The van der Waals surface area contributed by atoms with Gasteiger partial charge in [0.2, 0.25) is 5.91 Å². The van der Waals surface area contributed by atoms with Crippen LogP contribution in [0.5, 0.6) is 0 Å². The first-order chi connectivity index (χ1) is 8.40. The van der Waals surface area contributed by atoms with Gasteiger partial charge < -0.3 is 16.0 Å². The summed E-state index contributed by atoms with van der Waals surface area (Å²) in [5.74, 6) is -0.270. The van der Waals surface area contributed by atoms with Gasteiger partial charge in [-0.2, -0.15) is 0 Å². The molecule has 0 aromatic carbocycles. The summed E-state index contributed by atoms with van der Waals surface area (Å²) in [6.07, 6.45) is 7.36. The summed E-state index contributed by atoms with van der Waals surface area (Å²) in [7, 11) is 3.98. The smallest absolute Gasteiger partial charge is 0.237 e. The molecule has 1 amide bonds. The lowest BCUT2D eigenvalue weighted by atomic mass is 9.89. The number of amides is 1. The number of primary amides is 1. The lowest BCUT2D eigenvalue weighted by molar-refractivity contribution is -0.124. The van der Waals surface area contributed by atoms with Crippen molar-refractivity contribution in [2.75, 3.05) is 14.1 Å². The molecule has 1 saturated carbocycles. The SMILES string of the molecule is CNC(C)(CC(C)N(C)C1CCCCC1)C(N)=O. The molecule has 0 heterocycles. The maximum atomic E-state index is 11.5. The van der Waals surface area contributed by atoms with Crippen molar-refractivity contribution in [2.24, 2.45) is 5.73 Å². The number of hydrogen-bond donors (Lipinski definition) is 2. The first kappa shape index (κ1) is 15.4. The van der Waals surface area contributed by atoms with E-state index in [9.17, 15) is 4.79 Å². The van der Waals surface area contributed by atoms with Crippen LogP contribution in [0.1, 0.15) is 52.4 Å². The molecule has 3 N–H and O–H groups in total. The summed E-state index contributed by atoms with van der Waals surface area (Å²) in [6.45, 7) is 4.08. The molecule has 0 aromatic rings. The number of hydrogen-bond acceptors (Lipinski definition) is 3. The first-order valence-electron chi connectivity index (χ1n) is 7.11. The van der Waals surface area contributed by atoms with Gasteiger partial charge in [0, 0.05) is 12.1 Å². The van der Waals surface area contributed by atoms with Gasteiger partial charge in [0.1, 0.15) is 0 Å². The van der Waals surface area contributed by atoms with Crippen molar-refractivity contribution in [3.05, 3.63) is 0 Å². The van der Waals surface area contributed by atoms with Crippen molar-refractivity contribution >= 4 is 5.91 Å². The monoisotopic (exact) mass is 255 g/mol. The first-order valence-corrected chi connectivity index (χ1v) is 7.11. The van der Waals surface area contributed by atoms with Crippen LogP contribution in [0, 0.1) is 0 Å². The Morgan fingerprint density at radius 1 is 1.44 bits per heavy atom. The number of carbonyl (C=O) groups is 1. The van der Waals surface area contributed by atoms with Crippen LogP contribution < -0.4 is 11.1 Å². The van der Waals surface area contributed by atoms with Crippen molar-refractivity contribution in [3.8, 4) is 0 Å². The van der Waals surface area contributed by atoms with E-state index >= 15 is 0 Å². The zero-order chi connectivity index (χ0) is 13.8. The maximum absolute atomic E-state index is 11.5. The number of likely N-dealkylation sites (N-methyl/N-ethyl adjacent to an activating group) is 1. The molecular formula is C14H29N3O. The second kappa shape index (κ2) is 6.53. The van der Waals surface area contributed by atoms with Crippen molar-refractivity contribution in [1.29, 1.82) is 0 Å². The van der Waals surface area contributed by atoms with E-state index in [1.807, 2.05) is 6.92 Å². The summed E-state index contributed by atoms with van der Waals surface area (Å²) in [5, 5.41) is 3.07. The minimum absolute atomic E-state index is 0.270. The Morgan fingerprint density at radius 3 is 2.44 bits per heavy atom. The van der Waals surface area contributed by atoms with Crippen molar-refractivity contribution < 1.29 is 4.79 Å². The highest BCUT2D eigenvalue weighted by Gasteiger charge is 2.33. The largest absolute Gasteiger partial charge is 0.368 e. The van der Waals surface area contributed by atoms with Gasteiger partial charge in [-0.3, -0.25) is 4.79 Å². The highest BCUT2D eigenvalue weighted by molar-refractivity contribution is 5.84. The van der Waals surface area contributed by atoms with E-state index in [0.29, 0.717) is 12.1 Å². The van der Waals surface area contributed by atoms with Gasteiger partial charge in [0.05, 0.1) is 5.54 Å². The van der Waals surface area contributed by atoms with Crippen LogP contribution >= 0.6 is 0 Å². The lowest BCUT2D eigenvalue weighted by Gasteiger charge is -2.39. The van der Waals surface area contributed by atoms with E-state index in [2.05, 4.69) is 24.2 Å². The average molecular weight is 255 g/mol. The average Bonchev–Trinajstić information content (AvgIpc) is 2.38. The summed E-state index contributed by atoms with van der Waals surface area (Å²) in [4.78, 5) is 14.0. The van der Waals surface area contributed by atoms with Gasteiger partial charge in [-0.1, -0.05) is 19.3 Å². The minimum atomic E-state index is -0.609. The van der Waals surface area contributed by atoms with Gasteiger partial charge in [-0.05, 0) is 47.2 Å². The maximum Gasteiger partial charge on any atom is 0.237 e. The molecule has 1 aliphatic carbocycles. The normalized spacial score (nSPS) is 22.7. The molecule has 4 heteroatoms. The molecule has 18 heavy (non-hydrogen) atoms.